The maximum absolute atomic E-state index is 12.5. The van der Waals surface area contributed by atoms with Crippen LogP contribution in [0.1, 0.15) is 15.9 Å². The highest BCUT2D eigenvalue weighted by Gasteiger charge is 2.18. The Labute approximate surface area is 199 Å². The first kappa shape index (κ1) is 23.3. The van der Waals surface area contributed by atoms with Crippen LogP contribution in [0.25, 0.3) is 10.8 Å². The average molecular weight is 475 g/mol. The second kappa shape index (κ2) is 10.4. The van der Waals surface area contributed by atoms with Gasteiger partial charge in [0, 0.05) is 10.9 Å². The zero-order chi connectivity index (χ0) is 24.0. The summed E-state index contributed by atoms with van der Waals surface area (Å²) in [6, 6.07) is 29.8. The summed E-state index contributed by atoms with van der Waals surface area (Å²) >= 11 is 0. The molecule has 0 bridgehead atoms. The van der Waals surface area contributed by atoms with Gasteiger partial charge >= 0.3 is 0 Å². The number of benzene rings is 4. The van der Waals surface area contributed by atoms with Crippen molar-refractivity contribution in [3.05, 3.63) is 108 Å². The Hall–Kier alpha value is -3.84. The molecule has 0 heterocycles. The van der Waals surface area contributed by atoms with E-state index in [2.05, 4.69) is 5.32 Å². The molecular formula is C27H26N2O4S. The monoisotopic (exact) mass is 474 g/mol. The molecule has 1 N–H and O–H groups in total. The van der Waals surface area contributed by atoms with Gasteiger partial charge in [-0.25, -0.2) is 8.42 Å². The maximum atomic E-state index is 12.5. The number of ether oxygens (including phenoxy) is 1. The molecule has 0 aliphatic heterocycles. The number of hydrogen-bond donors (Lipinski definition) is 1. The highest BCUT2D eigenvalue weighted by atomic mass is 32.2. The zero-order valence-corrected chi connectivity index (χ0v) is 19.7. The van der Waals surface area contributed by atoms with Crippen molar-refractivity contribution >= 4 is 32.4 Å². The number of hydrogen-bond acceptors (Lipinski definition) is 4. The van der Waals surface area contributed by atoms with Gasteiger partial charge < -0.3 is 10.1 Å². The molecule has 0 unspecified atom stereocenters. The Morgan fingerprint density at radius 3 is 2.26 bits per heavy atom. The van der Waals surface area contributed by atoms with E-state index < -0.39 is 10.0 Å². The van der Waals surface area contributed by atoms with Crippen LogP contribution in [-0.2, 0) is 16.6 Å². The third-order valence-corrected chi connectivity index (χ3v) is 6.52. The maximum Gasteiger partial charge on any atom is 0.251 e. The molecule has 0 spiro atoms. The van der Waals surface area contributed by atoms with E-state index in [9.17, 15) is 13.2 Å². The lowest BCUT2D eigenvalue weighted by Gasteiger charge is -2.22. The van der Waals surface area contributed by atoms with Crippen molar-refractivity contribution in [2.75, 3.05) is 23.7 Å². The second-order valence-corrected chi connectivity index (χ2v) is 9.79. The minimum Gasteiger partial charge on any atom is -0.491 e. The summed E-state index contributed by atoms with van der Waals surface area (Å²) in [5, 5.41) is 4.96. The first-order valence-electron chi connectivity index (χ1n) is 10.9. The number of carbonyl (C=O) groups is 1. The van der Waals surface area contributed by atoms with E-state index in [0.29, 0.717) is 24.4 Å². The molecule has 0 saturated carbocycles. The lowest BCUT2D eigenvalue weighted by molar-refractivity contribution is 0.0947. The number of fused-ring (bicyclic) bond motifs is 1. The van der Waals surface area contributed by atoms with E-state index in [1.54, 1.807) is 24.3 Å². The Morgan fingerprint density at radius 2 is 1.53 bits per heavy atom. The molecule has 1 amide bonds. The van der Waals surface area contributed by atoms with Gasteiger partial charge in [0.1, 0.15) is 12.4 Å². The second-order valence-electron chi connectivity index (χ2n) is 7.88. The number of nitrogens with one attached hydrogen (secondary N) is 1. The number of rotatable bonds is 9. The van der Waals surface area contributed by atoms with Crippen LogP contribution in [0.4, 0.5) is 5.69 Å². The number of sulfonamides is 1. The van der Waals surface area contributed by atoms with E-state index in [-0.39, 0.29) is 12.5 Å². The van der Waals surface area contributed by atoms with Crippen LogP contribution < -0.4 is 14.4 Å². The minimum absolute atomic E-state index is 0.219. The van der Waals surface area contributed by atoms with Gasteiger partial charge in [-0.2, -0.15) is 0 Å². The quantitative estimate of drug-likeness (QED) is 0.359. The molecule has 0 saturated heterocycles. The minimum atomic E-state index is -3.49. The smallest absolute Gasteiger partial charge is 0.251 e. The lowest BCUT2D eigenvalue weighted by atomic mass is 10.1. The third kappa shape index (κ3) is 5.74. The van der Waals surface area contributed by atoms with Crippen molar-refractivity contribution in [2.24, 2.45) is 0 Å². The van der Waals surface area contributed by atoms with Gasteiger partial charge in [0.15, 0.2) is 0 Å². The molecule has 34 heavy (non-hydrogen) atoms. The van der Waals surface area contributed by atoms with Gasteiger partial charge in [0.2, 0.25) is 10.0 Å². The number of anilines is 1. The Balaban J connectivity index is 1.35. The average Bonchev–Trinajstić information content (AvgIpc) is 2.85. The van der Waals surface area contributed by atoms with Crippen LogP contribution in [0.3, 0.4) is 0 Å². The number of nitrogens with zero attached hydrogens (tertiary/aromatic N) is 1. The normalized spacial score (nSPS) is 11.2. The van der Waals surface area contributed by atoms with Crippen molar-refractivity contribution in [2.45, 2.75) is 6.54 Å². The van der Waals surface area contributed by atoms with E-state index >= 15 is 0 Å². The van der Waals surface area contributed by atoms with Crippen molar-refractivity contribution in [1.29, 1.82) is 0 Å². The fraction of sp³-hybridized carbons (Fsp3) is 0.148. The topological polar surface area (TPSA) is 75.7 Å². The molecule has 6 nitrogen and oxygen atoms in total. The molecular weight excluding hydrogens is 448 g/mol. The van der Waals surface area contributed by atoms with E-state index in [1.807, 2.05) is 72.8 Å². The molecule has 174 valence electrons. The highest BCUT2D eigenvalue weighted by Crippen LogP contribution is 2.25. The summed E-state index contributed by atoms with van der Waals surface area (Å²) in [6.07, 6.45) is 1.17. The van der Waals surface area contributed by atoms with Gasteiger partial charge in [-0.3, -0.25) is 9.10 Å². The van der Waals surface area contributed by atoms with E-state index in [0.717, 1.165) is 22.1 Å². The Bertz CT molecular complexity index is 1370. The molecule has 0 radical (unpaired) electrons. The van der Waals surface area contributed by atoms with Crippen molar-refractivity contribution in [1.82, 2.24) is 5.32 Å². The number of amides is 1. The van der Waals surface area contributed by atoms with Crippen molar-refractivity contribution in [3.63, 3.8) is 0 Å². The van der Waals surface area contributed by atoms with Gasteiger partial charge in [-0.1, -0.05) is 66.7 Å². The predicted octanol–water partition coefficient (Wildman–Crippen LogP) is 4.61. The van der Waals surface area contributed by atoms with Gasteiger partial charge in [-0.05, 0) is 41.3 Å². The fourth-order valence-corrected chi connectivity index (χ4v) is 4.57. The molecule has 4 rings (SSSR count). The first-order chi connectivity index (χ1) is 16.4. The summed E-state index contributed by atoms with van der Waals surface area (Å²) in [4.78, 5) is 12.5. The highest BCUT2D eigenvalue weighted by molar-refractivity contribution is 7.92. The van der Waals surface area contributed by atoms with Crippen LogP contribution in [0.15, 0.2) is 97.1 Å². The summed E-state index contributed by atoms with van der Waals surface area (Å²) in [5.41, 5.74) is 1.82. The number of carbonyl (C=O) groups excluding carboxylic acids is 1. The van der Waals surface area contributed by atoms with Gasteiger partial charge in [0.25, 0.3) is 5.91 Å². The SMILES string of the molecule is CS(=O)(=O)N(Cc1ccccc1)c1ccc(C(=O)NCCOc2cccc3ccccc23)cc1. The largest absolute Gasteiger partial charge is 0.491 e. The summed E-state index contributed by atoms with van der Waals surface area (Å²) < 4.78 is 31.9. The van der Waals surface area contributed by atoms with Crippen LogP contribution in [0.5, 0.6) is 5.75 Å². The first-order valence-corrected chi connectivity index (χ1v) is 12.8. The standard InChI is InChI=1S/C27H26N2O4S/c1-34(31,32)29(20-21-8-3-2-4-9-21)24-16-14-23(15-17-24)27(30)28-18-19-33-26-13-7-11-22-10-5-6-12-25(22)26/h2-17H,18-20H2,1H3,(H,28,30). The lowest BCUT2D eigenvalue weighted by Crippen LogP contribution is -2.30. The fourth-order valence-electron chi connectivity index (χ4n) is 3.68. The van der Waals surface area contributed by atoms with Crippen LogP contribution in [0, 0.1) is 0 Å². The molecule has 4 aromatic carbocycles. The van der Waals surface area contributed by atoms with Crippen LogP contribution in [-0.4, -0.2) is 33.7 Å². The van der Waals surface area contributed by atoms with E-state index in [1.165, 1.54) is 10.6 Å². The summed E-state index contributed by atoms with van der Waals surface area (Å²) in [6.45, 7) is 0.890. The summed E-state index contributed by atoms with van der Waals surface area (Å²) in [5.74, 6) is 0.526. The Kier molecular flexibility index (Phi) is 7.13. The Morgan fingerprint density at radius 1 is 0.853 bits per heavy atom. The van der Waals surface area contributed by atoms with Crippen LogP contribution >= 0.6 is 0 Å². The predicted molar refractivity (Wildman–Crippen MR) is 136 cm³/mol. The molecule has 7 heteroatoms. The van der Waals surface area contributed by atoms with E-state index in [4.69, 9.17) is 4.74 Å². The molecule has 0 atom stereocenters. The van der Waals surface area contributed by atoms with Gasteiger partial charge in [0.05, 0.1) is 25.0 Å². The van der Waals surface area contributed by atoms with Crippen LogP contribution in [0.2, 0.25) is 0 Å². The molecule has 4 aromatic rings. The third-order valence-electron chi connectivity index (χ3n) is 5.38. The summed E-state index contributed by atoms with van der Waals surface area (Å²) in [7, 11) is -3.49. The van der Waals surface area contributed by atoms with Crippen molar-refractivity contribution in [3.8, 4) is 5.75 Å². The van der Waals surface area contributed by atoms with Gasteiger partial charge in [-0.15, -0.1) is 0 Å². The molecule has 0 aliphatic rings. The molecule has 0 aromatic heterocycles. The van der Waals surface area contributed by atoms with Crippen molar-refractivity contribution < 1.29 is 17.9 Å². The zero-order valence-electron chi connectivity index (χ0n) is 18.8. The molecule has 0 fully saturated rings. The molecule has 0 aliphatic carbocycles.